The van der Waals surface area contributed by atoms with Crippen molar-refractivity contribution in [2.75, 3.05) is 63.7 Å². The molecule has 2 aromatic carbocycles. The van der Waals surface area contributed by atoms with E-state index >= 15 is 0 Å². The summed E-state index contributed by atoms with van der Waals surface area (Å²) >= 11 is 0. The first kappa shape index (κ1) is 22.4. The van der Waals surface area contributed by atoms with Crippen molar-refractivity contribution in [3.8, 4) is 11.5 Å². The minimum absolute atomic E-state index is 0.466. The van der Waals surface area contributed by atoms with Gasteiger partial charge in [-0.1, -0.05) is 0 Å². The number of hydrogen-bond acceptors (Lipinski definition) is 6. The fraction of sp³-hybridized carbons (Fsp3) is 0.391. The highest BCUT2D eigenvalue weighted by Gasteiger charge is 2.17. The number of carbonyl (C=O) groups excluding carboxylic acids is 2. The molecule has 1 saturated heterocycles. The minimum Gasteiger partial charge on any atom is -0.497 e. The predicted octanol–water partition coefficient (Wildman–Crippen LogP) is 1.97. The van der Waals surface area contributed by atoms with Crippen LogP contribution in [-0.4, -0.2) is 70.2 Å². The van der Waals surface area contributed by atoms with Gasteiger partial charge in [0.2, 0.25) is 0 Å². The van der Waals surface area contributed by atoms with Gasteiger partial charge in [-0.2, -0.15) is 0 Å². The Morgan fingerprint density at radius 2 is 1.42 bits per heavy atom. The molecule has 1 aliphatic rings. The first-order valence-electron chi connectivity index (χ1n) is 10.4. The maximum absolute atomic E-state index is 12.0. The Balaban J connectivity index is 1.31. The van der Waals surface area contributed by atoms with Crippen LogP contribution in [0.2, 0.25) is 0 Å². The zero-order valence-corrected chi connectivity index (χ0v) is 18.1. The van der Waals surface area contributed by atoms with Crippen LogP contribution in [0.3, 0.4) is 0 Å². The normalized spacial score (nSPS) is 14.1. The van der Waals surface area contributed by atoms with E-state index in [2.05, 4.69) is 32.6 Å². The Kier molecular flexibility index (Phi) is 8.12. The van der Waals surface area contributed by atoms with Crippen LogP contribution in [0.4, 0.5) is 11.4 Å². The molecule has 8 nitrogen and oxygen atoms in total. The summed E-state index contributed by atoms with van der Waals surface area (Å²) in [5.41, 5.74) is 1.76. The molecule has 0 atom stereocenters. The third-order valence-electron chi connectivity index (χ3n) is 5.30. The molecular weight excluding hydrogens is 396 g/mol. The van der Waals surface area contributed by atoms with Gasteiger partial charge in [0.05, 0.1) is 14.2 Å². The largest absolute Gasteiger partial charge is 0.497 e. The highest BCUT2D eigenvalue weighted by molar-refractivity contribution is 6.39. The number of ether oxygens (including phenoxy) is 2. The van der Waals surface area contributed by atoms with Gasteiger partial charge in [-0.3, -0.25) is 14.5 Å². The molecule has 0 aliphatic carbocycles. The Labute approximate surface area is 183 Å². The van der Waals surface area contributed by atoms with Crippen LogP contribution < -0.4 is 25.0 Å². The number of piperazine rings is 1. The van der Waals surface area contributed by atoms with Crippen LogP contribution in [0.5, 0.6) is 11.5 Å². The molecule has 2 amide bonds. The van der Waals surface area contributed by atoms with Gasteiger partial charge in [0.25, 0.3) is 0 Å². The fourth-order valence-electron chi connectivity index (χ4n) is 3.47. The van der Waals surface area contributed by atoms with E-state index in [9.17, 15) is 9.59 Å². The zero-order valence-electron chi connectivity index (χ0n) is 18.1. The van der Waals surface area contributed by atoms with Gasteiger partial charge in [-0.25, -0.2) is 0 Å². The molecule has 8 heteroatoms. The van der Waals surface area contributed by atoms with E-state index in [0.717, 1.165) is 44.9 Å². The molecule has 0 aromatic heterocycles. The summed E-state index contributed by atoms with van der Waals surface area (Å²) < 4.78 is 10.3. The van der Waals surface area contributed by atoms with Gasteiger partial charge < -0.3 is 25.0 Å². The maximum Gasteiger partial charge on any atom is 0.313 e. The predicted molar refractivity (Wildman–Crippen MR) is 121 cm³/mol. The van der Waals surface area contributed by atoms with Crippen LogP contribution in [0.25, 0.3) is 0 Å². The van der Waals surface area contributed by atoms with Crippen LogP contribution >= 0.6 is 0 Å². The molecule has 166 valence electrons. The van der Waals surface area contributed by atoms with E-state index in [1.54, 1.807) is 38.5 Å². The average Bonchev–Trinajstić information content (AvgIpc) is 2.82. The Hall–Kier alpha value is -3.26. The maximum atomic E-state index is 12.0. The Bertz CT molecular complexity index is 847. The Morgan fingerprint density at radius 1 is 0.839 bits per heavy atom. The summed E-state index contributed by atoms with van der Waals surface area (Å²) in [6.07, 6.45) is 0.796. The van der Waals surface area contributed by atoms with E-state index in [1.807, 2.05) is 12.1 Å². The molecule has 1 aliphatic heterocycles. The van der Waals surface area contributed by atoms with Crippen LogP contribution in [-0.2, 0) is 9.59 Å². The lowest BCUT2D eigenvalue weighted by Gasteiger charge is -2.36. The number of amides is 2. The number of nitrogens with one attached hydrogen (secondary N) is 2. The average molecular weight is 427 g/mol. The van der Waals surface area contributed by atoms with Crippen molar-refractivity contribution in [3.63, 3.8) is 0 Å². The molecule has 1 heterocycles. The lowest BCUT2D eigenvalue weighted by Crippen LogP contribution is -2.47. The molecule has 3 rings (SSSR count). The SMILES string of the molecule is COc1ccc(NC(=O)C(=O)NCCCN2CCN(c3ccc(OC)cc3)CC2)cc1. The second-order valence-corrected chi connectivity index (χ2v) is 7.32. The van der Waals surface area contributed by atoms with Gasteiger partial charge in [-0.05, 0) is 61.5 Å². The smallest absolute Gasteiger partial charge is 0.313 e. The fourth-order valence-corrected chi connectivity index (χ4v) is 3.47. The molecular formula is C23H30N4O4. The number of rotatable bonds is 8. The summed E-state index contributed by atoms with van der Waals surface area (Å²) in [6, 6.07) is 15.0. The molecule has 1 fully saturated rings. The third-order valence-corrected chi connectivity index (χ3v) is 5.30. The van der Waals surface area contributed by atoms with Crippen molar-refractivity contribution in [2.45, 2.75) is 6.42 Å². The van der Waals surface area contributed by atoms with E-state index in [1.165, 1.54) is 5.69 Å². The summed E-state index contributed by atoms with van der Waals surface area (Å²) in [6.45, 7) is 5.21. The summed E-state index contributed by atoms with van der Waals surface area (Å²) in [5, 5.41) is 5.27. The van der Waals surface area contributed by atoms with Crippen LogP contribution in [0.15, 0.2) is 48.5 Å². The lowest BCUT2D eigenvalue weighted by atomic mass is 10.2. The van der Waals surface area contributed by atoms with Crippen LogP contribution in [0.1, 0.15) is 6.42 Å². The Morgan fingerprint density at radius 3 is 2.00 bits per heavy atom. The van der Waals surface area contributed by atoms with Crippen molar-refractivity contribution < 1.29 is 19.1 Å². The van der Waals surface area contributed by atoms with Gasteiger partial charge in [-0.15, -0.1) is 0 Å². The number of nitrogens with zero attached hydrogens (tertiary/aromatic N) is 2. The molecule has 31 heavy (non-hydrogen) atoms. The molecule has 0 spiro atoms. The van der Waals surface area contributed by atoms with Gasteiger partial charge >= 0.3 is 11.8 Å². The molecule has 0 unspecified atom stereocenters. The van der Waals surface area contributed by atoms with E-state index < -0.39 is 11.8 Å². The summed E-state index contributed by atoms with van der Waals surface area (Å²) in [7, 11) is 3.24. The minimum atomic E-state index is -0.668. The standard InChI is InChI=1S/C23H30N4O4/c1-30-20-8-4-18(5-9-20)25-23(29)22(28)24-12-3-13-26-14-16-27(17-15-26)19-6-10-21(31-2)11-7-19/h4-11H,3,12-17H2,1-2H3,(H,24,28)(H,25,29). The highest BCUT2D eigenvalue weighted by atomic mass is 16.5. The van der Waals surface area contributed by atoms with E-state index in [-0.39, 0.29) is 0 Å². The van der Waals surface area contributed by atoms with Crippen molar-refractivity contribution in [1.82, 2.24) is 10.2 Å². The van der Waals surface area contributed by atoms with Crippen molar-refractivity contribution in [3.05, 3.63) is 48.5 Å². The van der Waals surface area contributed by atoms with Crippen molar-refractivity contribution in [1.29, 1.82) is 0 Å². The summed E-state index contributed by atoms with van der Waals surface area (Å²) in [4.78, 5) is 28.7. The molecule has 0 radical (unpaired) electrons. The number of benzene rings is 2. The lowest BCUT2D eigenvalue weighted by molar-refractivity contribution is -0.136. The monoisotopic (exact) mass is 426 g/mol. The molecule has 0 bridgehead atoms. The van der Waals surface area contributed by atoms with E-state index in [4.69, 9.17) is 9.47 Å². The molecule has 2 aromatic rings. The highest BCUT2D eigenvalue weighted by Crippen LogP contribution is 2.20. The van der Waals surface area contributed by atoms with Crippen molar-refractivity contribution >= 4 is 23.2 Å². The van der Waals surface area contributed by atoms with Gasteiger partial charge in [0, 0.05) is 44.1 Å². The van der Waals surface area contributed by atoms with Gasteiger partial charge in [0.15, 0.2) is 0 Å². The van der Waals surface area contributed by atoms with E-state index in [0.29, 0.717) is 18.0 Å². The first-order chi connectivity index (χ1) is 15.1. The second kappa shape index (κ2) is 11.2. The third kappa shape index (κ3) is 6.62. The number of carbonyl (C=O) groups is 2. The molecule has 2 N–H and O–H groups in total. The quantitative estimate of drug-likeness (QED) is 0.496. The summed E-state index contributed by atoms with van der Waals surface area (Å²) in [5.74, 6) is 0.257. The van der Waals surface area contributed by atoms with Crippen LogP contribution in [0, 0.1) is 0 Å². The number of hydrogen-bond donors (Lipinski definition) is 2. The first-order valence-corrected chi connectivity index (χ1v) is 10.4. The topological polar surface area (TPSA) is 83.1 Å². The number of methoxy groups -OCH3 is 2. The zero-order chi connectivity index (χ0) is 22.1. The van der Waals surface area contributed by atoms with Crippen molar-refractivity contribution in [2.24, 2.45) is 0 Å². The molecule has 0 saturated carbocycles. The number of anilines is 2. The second-order valence-electron chi connectivity index (χ2n) is 7.32. The van der Waals surface area contributed by atoms with Gasteiger partial charge in [0.1, 0.15) is 11.5 Å².